The summed E-state index contributed by atoms with van der Waals surface area (Å²) in [6, 6.07) is 9.11. The number of hydrogen-bond donors (Lipinski definition) is 2. The van der Waals surface area contributed by atoms with Crippen LogP contribution in [0.5, 0.6) is 0 Å². The minimum absolute atomic E-state index is 0.176. The Kier molecular flexibility index (Phi) is 7.07. The minimum Gasteiger partial charge on any atom is -0.344 e. The summed E-state index contributed by atoms with van der Waals surface area (Å²) in [5, 5.41) is 14.6. The quantitative estimate of drug-likeness (QED) is 0.564. The van der Waals surface area contributed by atoms with Crippen molar-refractivity contribution in [1.82, 2.24) is 15.5 Å². The number of aromatic nitrogens is 2. The molecule has 0 saturated carbocycles. The molecule has 30 heavy (non-hydrogen) atoms. The van der Waals surface area contributed by atoms with Gasteiger partial charge in [-0.1, -0.05) is 42.0 Å². The van der Waals surface area contributed by atoms with Crippen molar-refractivity contribution in [3.8, 4) is 10.6 Å². The van der Waals surface area contributed by atoms with Gasteiger partial charge in [-0.3, -0.25) is 14.9 Å². The molecule has 2 N–H and O–H groups in total. The third-order valence-electron chi connectivity index (χ3n) is 4.07. The molecule has 0 fully saturated rings. The molecule has 3 rings (SSSR count). The van der Waals surface area contributed by atoms with Gasteiger partial charge in [0.2, 0.25) is 16.9 Å². The molecule has 2 aromatic carbocycles. The summed E-state index contributed by atoms with van der Waals surface area (Å²) in [6.07, 6.45) is 0.0607. The van der Waals surface area contributed by atoms with E-state index in [1.165, 1.54) is 11.3 Å². The Morgan fingerprint density at radius 3 is 2.53 bits per heavy atom. The molecule has 1 aromatic heterocycles. The number of hydrogen-bond acceptors (Lipinski definition) is 5. The Bertz CT molecular complexity index is 1060. The lowest BCUT2D eigenvalue weighted by atomic mass is 10.1. The van der Waals surface area contributed by atoms with Gasteiger partial charge in [0.1, 0.15) is 22.7 Å². The van der Waals surface area contributed by atoms with Crippen LogP contribution in [0.2, 0.25) is 5.02 Å². The van der Waals surface area contributed by atoms with E-state index >= 15 is 0 Å². The standard InChI is InChI=1S/C20H17ClF2N4O2S/c1-2-16(24-17(28)8-11-6-14(22)10-15(23)7-11)18(29)25-20-27-26-19(30-20)12-4-3-5-13(21)9-12/h3-7,9-10,16H,2,8H2,1H3,(H,24,28)(H,25,27,29). The van der Waals surface area contributed by atoms with E-state index < -0.39 is 29.5 Å². The van der Waals surface area contributed by atoms with Crippen molar-refractivity contribution >= 4 is 39.9 Å². The largest absolute Gasteiger partial charge is 0.344 e. The normalized spacial score (nSPS) is 11.7. The first-order chi connectivity index (χ1) is 14.3. The predicted molar refractivity (Wildman–Crippen MR) is 111 cm³/mol. The maximum Gasteiger partial charge on any atom is 0.248 e. The number of benzene rings is 2. The van der Waals surface area contributed by atoms with Crippen molar-refractivity contribution in [2.75, 3.05) is 5.32 Å². The molecule has 0 aliphatic heterocycles. The number of nitrogens with one attached hydrogen (secondary N) is 2. The van der Waals surface area contributed by atoms with Gasteiger partial charge in [0, 0.05) is 16.7 Å². The molecule has 3 aromatic rings. The molecule has 1 unspecified atom stereocenters. The molecule has 0 bridgehead atoms. The zero-order valence-corrected chi connectivity index (χ0v) is 17.4. The van der Waals surface area contributed by atoms with Gasteiger partial charge in [-0.2, -0.15) is 0 Å². The van der Waals surface area contributed by atoms with Crippen LogP contribution in [-0.2, 0) is 16.0 Å². The SMILES string of the molecule is CCC(NC(=O)Cc1cc(F)cc(F)c1)C(=O)Nc1nnc(-c2cccc(Cl)c2)s1. The number of carbonyl (C=O) groups is 2. The molecule has 2 amide bonds. The zero-order chi connectivity index (χ0) is 21.7. The number of nitrogens with zero attached hydrogens (tertiary/aromatic N) is 2. The summed E-state index contributed by atoms with van der Waals surface area (Å²) >= 11 is 7.14. The summed E-state index contributed by atoms with van der Waals surface area (Å²) in [4.78, 5) is 24.7. The molecule has 1 heterocycles. The lowest BCUT2D eigenvalue weighted by Gasteiger charge is -2.15. The molecule has 0 radical (unpaired) electrons. The van der Waals surface area contributed by atoms with Gasteiger partial charge in [0.15, 0.2) is 0 Å². The Morgan fingerprint density at radius 2 is 1.87 bits per heavy atom. The first-order valence-corrected chi connectivity index (χ1v) is 10.2. The lowest BCUT2D eigenvalue weighted by molar-refractivity contribution is -0.126. The van der Waals surface area contributed by atoms with Crippen molar-refractivity contribution in [3.05, 3.63) is 64.7 Å². The lowest BCUT2D eigenvalue weighted by Crippen LogP contribution is -2.44. The summed E-state index contributed by atoms with van der Waals surface area (Å²) in [5.74, 6) is -2.53. The molecule has 0 aliphatic rings. The van der Waals surface area contributed by atoms with Gasteiger partial charge in [-0.05, 0) is 36.2 Å². The van der Waals surface area contributed by atoms with E-state index in [9.17, 15) is 18.4 Å². The fraction of sp³-hybridized carbons (Fsp3) is 0.200. The maximum atomic E-state index is 13.3. The molecule has 1 atom stereocenters. The van der Waals surface area contributed by atoms with Crippen molar-refractivity contribution < 1.29 is 18.4 Å². The fourth-order valence-corrected chi connectivity index (χ4v) is 3.63. The van der Waals surface area contributed by atoms with Gasteiger partial charge in [-0.25, -0.2) is 8.78 Å². The average Bonchev–Trinajstić information content (AvgIpc) is 3.13. The average molecular weight is 451 g/mol. The Hall–Kier alpha value is -2.91. The van der Waals surface area contributed by atoms with Gasteiger partial charge in [-0.15, -0.1) is 10.2 Å². The van der Waals surface area contributed by atoms with E-state index in [4.69, 9.17) is 11.6 Å². The highest BCUT2D eigenvalue weighted by molar-refractivity contribution is 7.18. The van der Waals surface area contributed by atoms with Crippen LogP contribution in [0.3, 0.4) is 0 Å². The van der Waals surface area contributed by atoms with Gasteiger partial charge >= 0.3 is 0 Å². The van der Waals surface area contributed by atoms with E-state index in [-0.39, 0.29) is 17.1 Å². The van der Waals surface area contributed by atoms with Crippen LogP contribution in [0.15, 0.2) is 42.5 Å². The van der Waals surface area contributed by atoms with Crippen LogP contribution in [0.25, 0.3) is 10.6 Å². The van der Waals surface area contributed by atoms with Crippen molar-refractivity contribution in [2.24, 2.45) is 0 Å². The summed E-state index contributed by atoms with van der Waals surface area (Å²) < 4.78 is 26.5. The summed E-state index contributed by atoms with van der Waals surface area (Å²) in [5.41, 5.74) is 0.943. The molecular formula is C20H17ClF2N4O2S. The second-order valence-corrected chi connectivity index (χ2v) is 7.81. The molecule has 0 saturated heterocycles. The topological polar surface area (TPSA) is 84.0 Å². The Balaban J connectivity index is 1.61. The molecule has 10 heteroatoms. The highest BCUT2D eigenvalue weighted by Crippen LogP contribution is 2.28. The van der Waals surface area contributed by atoms with E-state index in [0.717, 1.165) is 23.8 Å². The van der Waals surface area contributed by atoms with Gasteiger partial charge in [0.25, 0.3) is 0 Å². The fourth-order valence-electron chi connectivity index (χ4n) is 2.70. The number of amides is 2. The number of halogens is 3. The van der Waals surface area contributed by atoms with Crippen LogP contribution in [0.1, 0.15) is 18.9 Å². The first kappa shape index (κ1) is 21.8. The smallest absolute Gasteiger partial charge is 0.248 e. The predicted octanol–water partition coefficient (Wildman–Crippen LogP) is 4.21. The van der Waals surface area contributed by atoms with Gasteiger partial charge in [0.05, 0.1) is 6.42 Å². The number of anilines is 1. The van der Waals surface area contributed by atoms with E-state index in [1.807, 2.05) is 6.07 Å². The third kappa shape index (κ3) is 5.80. The highest BCUT2D eigenvalue weighted by Gasteiger charge is 2.21. The second-order valence-electron chi connectivity index (χ2n) is 6.39. The molecule has 0 aliphatic carbocycles. The van der Waals surface area contributed by atoms with Crippen molar-refractivity contribution in [1.29, 1.82) is 0 Å². The Morgan fingerprint density at radius 1 is 1.13 bits per heavy atom. The van der Waals surface area contributed by atoms with Crippen LogP contribution < -0.4 is 10.6 Å². The number of carbonyl (C=O) groups excluding carboxylic acids is 2. The van der Waals surface area contributed by atoms with Crippen LogP contribution >= 0.6 is 22.9 Å². The number of rotatable bonds is 7. The third-order valence-corrected chi connectivity index (χ3v) is 5.20. The van der Waals surface area contributed by atoms with Crippen molar-refractivity contribution in [2.45, 2.75) is 25.8 Å². The minimum atomic E-state index is -0.838. The zero-order valence-electron chi connectivity index (χ0n) is 15.8. The first-order valence-electron chi connectivity index (χ1n) is 8.98. The van der Waals surface area contributed by atoms with Crippen LogP contribution in [-0.4, -0.2) is 28.1 Å². The molecule has 6 nitrogen and oxygen atoms in total. The van der Waals surface area contributed by atoms with Crippen molar-refractivity contribution in [3.63, 3.8) is 0 Å². The van der Waals surface area contributed by atoms with Crippen LogP contribution in [0, 0.1) is 11.6 Å². The maximum absolute atomic E-state index is 13.3. The molecular weight excluding hydrogens is 434 g/mol. The van der Waals surface area contributed by atoms with E-state index in [0.29, 0.717) is 16.5 Å². The summed E-state index contributed by atoms with van der Waals surface area (Å²) in [7, 11) is 0. The highest BCUT2D eigenvalue weighted by atomic mass is 35.5. The van der Waals surface area contributed by atoms with E-state index in [2.05, 4.69) is 20.8 Å². The van der Waals surface area contributed by atoms with Gasteiger partial charge < -0.3 is 5.32 Å². The monoisotopic (exact) mass is 450 g/mol. The second kappa shape index (κ2) is 9.73. The van der Waals surface area contributed by atoms with E-state index in [1.54, 1.807) is 25.1 Å². The molecule has 0 spiro atoms. The van der Waals surface area contributed by atoms with Crippen LogP contribution in [0.4, 0.5) is 13.9 Å². The Labute approximate surface area is 180 Å². The summed E-state index contributed by atoms with van der Waals surface area (Å²) in [6.45, 7) is 1.73. The molecule has 156 valence electrons.